The van der Waals surface area contributed by atoms with E-state index in [4.69, 9.17) is 0 Å². The van der Waals surface area contributed by atoms with Gasteiger partial charge in [-0.2, -0.15) is 0 Å². The van der Waals surface area contributed by atoms with Gasteiger partial charge in [0.25, 0.3) is 0 Å². The molecule has 2 atom stereocenters. The van der Waals surface area contributed by atoms with Crippen LogP contribution in [0.5, 0.6) is 0 Å². The molecule has 0 aliphatic carbocycles. The summed E-state index contributed by atoms with van der Waals surface area (Å²) in [4.78, 5) is 7.05. The standard InChI is InChI=1S/C16H21N3S/c1-13(16-18-8-10-20-16)12-19-9-7-17-11-15(19)14-5-3-2-4-6-14/h2-6,8,10,13,15,17H,7,9,11-12H2,1H3. The van der Waals surface area contributed by atoms with E-state index in [1.54, 1.807) is 11.3 Å². The van der Waals surface area contributed by atoms with E-state index in [1.165, 1.54) is 10.6 Å². The number of hydrogen-bond donors (Lipinski definition) is 1. The van der Waals surface area contributed by atoms with Gasteiger partial charge in [-0.3, -0.25) is 4.90 Å². The Morgan fingerprint density at radius 2 is 2.25 bits per heavy atom. The minimum Gasteiger partial charge on any atom is -0.314 e. The lowest BCUT2D eigenvalue weighted by Crippen LogP contribution is -2.47. The van der Waals surface area contributed by atoms with Gasteiger partial charge in [0.15, 0.2) is 0 Å². The van der Waals surface area contributed by atoms with Crippen LogP contribution in [0, 0.1) is 0 Å². The summed E-state index contributed by atoms with van der Waals surface area (Å²) in [6, 6.07) is 11.3. The topological polar surface area (TPSA) is 28.2 Å². The van der Waals surface area contributed by atoms with Crippen LogP contribution in [-0.4, -0.2) is 36.1 Å². The lowest BCUT2D eigenvalue weighted by molar-refractivity contribution is 0.154. The number of nitrogens with one attached hydrogen (secondary N) is 1. The molecule has 4 heteroatoms. The van der Waals surface area contributed by atoms with E-state index in [1.807, 2.05) is 6.20 Å². The summed E-state index contributed by atoms with van der Waals surface area (Å²) in [6.07, 6.45) is 1.91. The van der Waals surface area contributed by atoms with Crippen LogP contribution in [0.4, 0.5) is 0 Å². The summed E-state index contributed by atoms with van der Waals surface area (Å²) in [7, 11) is 0. The lowest BCUT2D eigenvalue weighted by atomic mass is 10.0. The van der Waals surface area contributed by atoms with Gasteiger partial charge in [0.05, 0.1) is 5.01 Å². The largest absolute Gasteiger partial charge is 0.314 e. The Balaban J connectivity index is 1.73. The molecule has 3 rings (SSSR count). The molecule has 1 aliphatic heterocycles. The molecule has 1 aliphatic rings. The SMILES string of the molecule is CC(CN1CCNCC1c1ccccc1)c1nccs1. The second-order valence-corrected chi connectivity index (χ2v) is 6.32. The summed E-state index contributed by atoms with van der Waals surface area (Å²) in [5.74, 6) is 0.499. The second-order valence-electron chi connectivity index (χ2n) is 5.40. The number of aromatic nitrogens is 1. The lowest BCUT2D eigenvalue weighted by Gasteiger charge is -2.37. The summed E-state index contributed by atoms with van der Waals surface area (Å²) >= 11 is 1.76. The Hall–Kier alpha value is -1.23. The van der Waals surface area contributed by atoms with Gasteiger partial charge < -0.3 is 5.32 Å². The van der Waals surface area contributed by atoms with Crippen LogP contribution < -0.4 is 5.32 Å². The molecule has 3 nitrogen and oxygen atoms in total. The summed E-state index contributed by atoms with van der Waals surface area (Å²) < 4.78 is 0. The van der Waals surface area contributed by atoms with Crippen molar-refractivity contribution in [3.63, 3.8) is 0 Å². The fourth-order valence-electron chi connectivity index (χ4n) is 2.88. The van der Waals surface area contributed by atoms with Gasteiger partial charge in [-0.15, -0.1) is 11.3 Å². The molecule has 0 spiro atoms. The zero-order valence-electron chi connectivity index (χ0n) is 11.8. The highest BCUT2D eigenvalue weighted by Gasteiger charge is 2.25. The van der Waals surface area contributed by atoms with E-state index < -0.39 is 0 Å². The first-order valence-electron chi connectivity index (χ1n) is 7.23. The number of thiazole rings is 1. The molecular formula is C16H21N3S. The second kappa shape index (κ2) is 6.48. The van der Waals surface area contributed by atoms with Crippen molar-refractivity contribution >= 4 is 11.3 Å². The number of hydrogen-bond acceptors (Lipinski definition) is 4. The highest BCUT2D eigenvalue weighted by atomic mass is 32.1. The molecule has 2 unspecified atom stereocenters. The molecule has 106 valence electrons. The highest BCUT2D eigenvalue weighted by Crippen LogP contribution is 2.26. The van der Waals surface area contributed by atoms with Gasteiger partial charge in [-0.05, 0) is 5.56 Å². The van der Waals surface area contributed by atoms with Crippen LogP contribution in [0.3, 0.4) is 0 Å². The van der Waals surface area contributed by atoms with E-state index in [0.29, 0.717) is 12.0 Å². The molecule has 2 aromatic rings. The van der Waals surface area contributed by atoms with E-state index in [0.717, 1.165) is 26.2 Å². The zero-order valence-corrected chi connectivity index (χ0v) is 12.6. The third kappa shape index (κ3) is 3.08. The molecule has 1 aromatic carbocycles. The van der Waals surface area contributed by atoms with E-state index >= 15 is 0 Å². The van der Waals surface area contributed by atoms with E-state index in [2.05, 4.69) is 57.8 Å². The Labute approximate surface area is 124 Å². The van der Waals surface area contributed by atoms with Crippen LogP contribution in [0.2, 0.25) is 0 Å². The van der Waals surface area contributed by atoms with Gasteiger partial charge in [0.2, 0.25) is 0 Å². The molecule has 0 amide bonds. The first kappa shape index (κ1) is 13.7. The van der Waals surface area contributed by atoms with Crippen LogP contribution >= 0.6 is 11.3 Å². The van der Waals surface area contributed by atoms with E-state index in [9.17, 15) is 0 Å². The first-order chi connectivity index (χ1) is 9.84. The molecule has 0 radical (unpaired) electrons. The van der Waals surface area contributed by atoms with Crippen molar-refractivity contribution in [3.8, 4) is 0 Å². The molecule has 1 N–H and O–H groups in total. The average Bonchev–Trinajstić information content (AvgIpc) is 3.03. The third-order valence-electron chi connectivity index (χ3n) is 3.92. The maximum atomic E-state index is 4.46. The molecule has 0 bridgehead atoms. The molecule has 1 saturated heterocycles. The molecule has 0 saturated carbocycles. The average molecular weight is 287 g/mol. The molecular weight excluding hydrogens is 266 g/mol. The van der Waals surface area contributed by atoms with Crippen molar-refractivity contribution in [1.82, 2.24) is 15.2 Å². The summed E-state index contributed by atoms with van der Waals surface area (Å²) in [5, 5.41) is 6.83. The quantitative estimate of drug-likeness (QED) is 0.937. The van der Waals surface area contributed by atoms with Crippen LogP contribution in [0.25, 0.3) is 0 Å². The summed E-state index contributed by atoms with van der Waals surface area (Å²) in [6.45, 7) is 6.58. The molecule has 1 fully saturated rings. The maximum absolute atomic E-state index is 4.46. The highest BCUT2D eigenvalue weighted by molar-refractivity contribution is 7.09. The van der Waals surface area contributed by atoms with Crippen molar-refractivity contribution in [2.24, 2.45) is 0 Å². The van der Waals surface area contributed by atoms with Crippen LogP contribution in [0.15, 0.2) is 41.9 Å². The third-order valence-corrected chi connectivity index (χ3v) is 4.93. The molecule has 2 heterocycles. The Bertz CT molecular complexity index is 512. The first-order valence-corrected chi connectivity index (χ1v) is 8.11. The van der Waals surface area contributed by atoms with Crippen molar-refractivity contribution in [2.75, 3.05) is 26.2 Å². The van der Waals surface area contributed by atoms with Crippen molar-refractivity contribution < 1.29 is 0 Å². The van der Waals surface area contributed by atoms with Gasteiger partial charge in [0, 0.05) is 49.7 Å². The van der Waals surface area contributed by atoms with Crippen LogP contribution in [0.1, 0.15) is 29.5 Å². The van der Waals surface area contributed by atoms with Crippen LogP contribution in [-0.2, 0) is 0 Å². The Morgan fingerprint density at radius 3 is 3.00 bits per heavy atom. The van der Waals surface area contributed by atoms with E-state index in [-0.39, 0.29) is 0 Å². The smallest absolute Gasteiger partial charge is 0.0965 e. The fourth-order valence-corrected chi connectivity index (χ4v) is 3.57. The predicted molar refractivity (Wildman–Crippen MR) is 84.2 cm³/mol. The zero-order chi connectivity index (χ0) is 13.8. The van der Waals surface area contributed by atoms with Gasteiger partial charge >= 0.3 is 0 Å². The molecule has 20 heavy (non-hydrogen) atoms. The number of piperazine rings is 1. The van der Waals surface area contributed by atoms with Crippen molar-refractivity contribution in [3.05, 3.63) is 52.5 Å². The van der Waals surface area contributed by atoms with Gasteiger partial charge in [-0.1, -0.05) is 37.3 Å². The minimum absolute atomic E-state index is 0.479. The number of rotatable bonds is 4. The Kier molecular flexibility index (Phi) is 4.45. The minimum atomic E-state index is 0.479. The van der Waals surface area contributed by atoms with Crippen molar-refractivity contribution in [1.29, 1.82) is 0 Å². The number of nitrogens with zero attached hydrogens (tertiary/aromatic N) is 2. The summed E-state index contributed by atoms with van der Waals surface area (Å²) in [5.41, 5.74) is 1.41. The fraction of sp³-hybridized carbons (Fsp3) is 0.438. The van der Waals surface area contributed by atoms with Gasteiger partial charge in [-0.25, -0.2) is 4.98 Å². The van der Waals surface area contributed by atoms with Crippen molar-refractivity contribution in [2.45, 2.75) is 18.9 Å². The molecule has 1 aromatic heterocycles. The Morgan fingerprint density at radius 1 is 1.40 bits per heavy atom. The monoisotopic (exact) mass is 287 g/mol. The normalized spacial score (nSPS) is 21.8. The van der Waals surface area contributed by atoms with Gasteiger partial charge in [0.1, 0.15) is 0 Å². The number of benzene rings is 1. The maximum Gasteiger partial charge on any atom is 0.0965 e. The predicted octanol–water partition coefficient (Wildman–Crippen LogP) is 2.89.